The molecular formula is C22H18Cl2O6. The van der Waals surface area contributed by atoms with Crippen molar-refractivity contribution in [1.29, 1.82) is 0 Å². The molecule has 3 rings (SSSR count). The van der Waals surface area contributed by atoms with E-state index in [0.717, 1.165) is 0 Å². The fourth-order valence-corrected chi connectivity index (χ4v) is 3.34. The minimum Gasteiger partial charge on any atom is -0.485 e. The molecule has 0 fully saturated rings. The van der Waals surface area contributed by atoms with Crippen LogP contribution >= 0.6 is 23.2 Å². The fraction of sp³-hybridized carbons (Fsp3) is 0.227. The number of carbonyl (C=O) groups excluding carboxylic acids is 2. The number of ether oxygens (including phenoxy) is 2. The van der Waals surface area contributed by atoms with Crippen LogP contribution in [-0.2, 0) is 16.0 Å². The first-order valence-electron chi connectivity index (χ1n) is 8.96. The van der Waals surface area contributed by atoms with Crippen molar-refractivity contribution in [2.75, 3.05) is 13.7 Å². The Hall–Kier alpha value is -2.83. The number of hydrogen-bond acceptors (Lipinski definition) is 6. The van der Waals surface area contributed by atoms with Gasteiger partial charge in [-0.1, -0.05) is 23.2 Å². The number of esters is 1. The van der Waals surface area contributed by atoms with Gasteiger partial charge in [0.25, 0.3) is 0 Å². The van der Waals surface area contributed by atoms with E-state index in [1.165, 1.54) is 13.2 Å². The molecule has 1 heterocycles. The second-order valence-electron chi connectivity index (χ2n) is 6.65. The lowest BCUT2D eigenvalue weighted by atomic mass is 10.0. The summed E-state index contributed by atoms with van der Waals surface area (Å²) in [6, 6.07) is 8.00. The molecule has 0 atom stereocenters. The van der Waals surface area contributed by atoms with Crippen LogP contribution in [0, 0.1) is 13.8 Å². The first kappa shape index (κ1) is 21.9. The predicted molar refractivity (Wildman–Crippen MR) is 114 cm³/mol. The highest BCUT2D eigenvalue weighted by Gasteiger charge is 2.18. The average Bonchev–Trinajstić information content (AvgIpc) is 2.72. The summed E-state index contributed by atoms with van der Waals surface area (Å²) in [4.78, 5) is 36.4. The van der Waals surface area contributed by atoms with E-state index in [9.17, 15) is 14.4 Å². The highest BCUT2D eigenvalue weighted by Crippen LogP contribution is 2.30. The quantitative estimate of drug-likeness (QED) is 0.308. The third kappa shape index (κ3) is 4.35. The molecule has 0 saturated heterocycles. The summed E-state index contributed by atoms with van der Waals surface area (Å²) in [6.45, 7) is 3.24. The van der Waals surface area contributed by atoms with Gasteiger partial charge in [0, 0.05) is 16.5 Å². The largest absolute Gasteiger partial charge is 0.485 e. The van der Waals surface area contributed by atoms with E-state index >= 15 is 0 Å². The summed E-state index contributed by atoms with van der Waals surface area (Å²) in [5.41, 5.74) is 1.55. The molecule has 3 aromatic rings. The Bertz CT molecular complexity index is 1210. The summed E-state index contributed by atoms with van der Waals surface area (Å²) in [7, 11) is 1.26. The van der Waals surface area contributed by atoms with Crippen molar-refractivity contribution in [2.24, 2.45) is 0 Å². The number of rotatable bonds is 6. The zero-order chi connectivity index (χ0) is 22.0. The van der Waals surface area contributed by atoms with Crippen LogP contribution in [0.5, 0.6) is 5.75 Å². The molecule has 8 heteroatoms. The normalized spacial score (nSPS) is 10.8. The van der Waals surface area contributed by atoms with Crippen LogP contribution < -0.4 is 10.4 Å². The maximum absolute atomic E-state index is 12.4. The van der Waals surface area contributed by atoms with Crippen molar-refractivity contribution in [3.63, 3.8) is 0 Å². The zero-order valence-corrected chi connectivity index (χ0v) is 18.0. The molecule has 0 aliphatic rings. The average molecular weight is 449 g/mol. The third-order valence-electron chi connectivity index (χ3n) is 4.80. The molecule has 0 aliphatic heterocycles. The number of benzene rings is 2. The van der Waals surface area contributed by atoms with Crippen LogP contribution in [0.25, 0.3) is 11.0 Å². The van der Waals surface area contributed by atoms with Crippen molar-refractivity contribution >= 4 is 45.9 Å². The molecule has 156 valence electrons. The van der Waals surface area contributed by atoms with Crippen LogP contribution in [0.15, 0.2) is 39.5 Å². The van der Waals surface area contributed by atoms with E-state index in [0.29, 0.717) is 38.4 Å². The van der Waals surface area contributed by atoms with E-state index in [4.69, 9.17) is 32.4 Å². The van der Waals surface area contributed by atoms with Gasteiger partial charge < -0.3 is 13.9 Å². The summed E-state index contributed by atoms with van der Waals surface area (Å²) in [5, 5.41) is 1.31. The minimum absolute atomic E-state index is 0.171. The van der Waals surface area contributed by atoms with Gasteiger partial charge in [0.15, 0.2) is 12.4 Å². The van der Waals surface area contributed by atoms with E-state index in [2.05, 4.69) is 4.74 Å². The molecule has 0 spiro atoms. The molecule has 0 aliphatic carbocycles. The molecule has 0 saturated carbocycles. The SMILES string of the molecule is COC(=O)Cc1c(C)c2ccc(OCC(=O)c3ccc(Cl)c(Cl)c3)c(C)c2oc1=O. The summed E-state index contributed by atoms with van der Waals surface area (Å²) >= 11 is 11.8. The van der Waals surface area contributed by atoms with Gasteiger partial charge in [-0.15, -0.1) is 0 Å². The van der Waals surface area contributed by atoms with Crippen LogP contribution in [0.3, 0.4) is 0 Å². The molecule has 30 heavy (non-hydrogen) atoms. The van der Waals surface area contributed by atoms with Crippen molar-refractivity contribution in [3.8, 4) is 5.75 Å². The number of carbonyl (C=O) groups is 2. The Kier molecular flexibility index (Phi) is 6.48. The van der Waals surface area contributed by atoms with Gasteiger partial charge in [0.2, 0.25) is 0 Å². The Labute approximate surface area is 182 Å². The second-order valence-corrected chi connectivity index (χ2v) is 7.47. The maximum atomic E-state index is 12.4. The topological polar surface area (TPSA) is 82.8 Å². The fourth-order valence-electron chi connectivity index (χ4n) is 3.04. The number of hydrogen-bond donors (Lipinski definition) is 0. The molecule has 0 N–H and O–H groups in total. The van der Waals surface area contributed by atoms with Gasteiger partial charge in [-0.3, -0.25) is 9.59 Å². The maximum Gasteiger partial charge on any atom is 0.340 e. The van der Waals surface area contributed by atoms with Crippen molar-refractivity contribution in [3.05, 3.63) is 73.1 Å². The number of fused-ring (bicyclic) bond motifs is 1. The molecule has 0 radical (unpaired) electrons. The van der Waals surface area contributed by atoms with Gasteiger partial charge >= 0.3 is 11.6 Å². The molecular weight excluding hydrogens is 431 g/mol. The Morgan fingerprint density at radius 2 is 1.77 bits per heavy atom. The molecule has 0 bridgehead atoms. The zero-order valence-electron chi connectivity index (χ0n) is 16.5. The van der Waals surface area contributed by atoms with Crippen molar-refractivity contribution in [1.82, 2.24) is 0 Å². The monoisotopic (exact) mass is 448 g/mol. The molecule has 0 amide bonds. The number of ketones is 1. The minimum atomic E-state index is -0.613. The lowest BCUT2D eigenvalue weighted by Gasteiger charge is -2.13. The number of halogens is 2. The van der Waals surface area contributed by atoms with Gasteiger partial charge in [0.05, 0.1) is 29.1 Å². The summed E-state index contributed by atoms with van der Waals surface area (Å²) in [6.07, 6.45) is -0.171. The smallest absolute Gasteiger partial charge is 0.340 e. The van der Waals surface area contributed by atoms with Gasteiger partial charge in [-0.05, 0) is 49.7 Å². The Balaban J connectivity index is 1.89. The van der Waals surface area contributed by atoms with Crippen LogP contribution in [0.4, 0.5) is 0 Å². The second kappa shape index (κ2) is 8.90. The number of Topliss-reactive ketones (excluding diaryl/α,β-unsaturated/α-hetero) is 1. The number of aryl methyl sites for hydroxylation is 2. The summed E-state index contributed by atoms with van der Waals surface area (Å²) in [5.74, 6) is -0.402. The highest BCUT2D eigenvalue weighted by atomic mass is 35.5. The van der Waals surface area contributed by atoms with Crippen LogP contribution in [-0.4, -0.2) is 25.5 Å². The first-order valence-corrected chi connectivity index (χ1v) is 9.72. The molecule has 6 nitrogen and oxygen atoms in total. The lowest BCUT2D eigenvalue weighted by molar-refractivity contribution is -0.139. The van der Waals surface area contributed by atoms with Gasteiger partial charge in [0.1, 0.15) is 11.3 Å². The Morgan fingerprint density at radius 3 is 2.43 bits per heavy atom. The summed E-state index contributed by atoms with van der Waals surface area (Å²) < 4.78 is 15.7. The van der Waals surface area contributed by atoms with Gasteiger partial charge in [-0.2, -0.15) is 0 Å². The van der Waals surface area contributed by atoms with Crippen LogP contribution in [0.1, 0.15) is 27.0 Å². The Morgan fingerprint density at radius 1 is 1.03 bits per heavy atom. The van der Waals surface area contributed by atoms with Crippen molar-refractivity contribution in [2.45, 2.75) is 20.3 Å². The standard InChI is InChI=1S/C22H18Cl2O6/c1-11-14-5-7-19(29-10-18(25)13-4-6-16(23)17(24)8-13)12(2)21(14)30-22(27)15(11)9-20(26)28-3/h4-8H,9-10H2,1-3H3. The van der Waals surface area contributed by atoms with E-state index in [1.54, 1.807) is 38.1 Å². The van der Waals surface area contributed by atoms with Crippen LogP contribution in [0.2, 0.25) is 10.0 Å². The van der Waals surface area contributed by atoms with Crippen molar-refractivity contribution < 1.29 is 23.5 Å². The molecule has 1 aromatic heterocycles. The molecule has 0 unspecified atom stereocenters. The van der Waals surface area contributed by atoms with E-state index in [-0.39, 0.29) is 29.4 Å². The lowest BCUT2D eigenvalue weighted by Crippen LogP contribution is -2.16. The third-order valence-corrected chi connectivity index (χ3v) is 5.54. The van der Waals surface area contributed by atoms with E-state index < -0.39 is 11.6 Å². The first-order chi connectivity index (χ1) is 14.2. The number of methoxy groups -OCH3 is 1. The van der Waals surface area contributed by atoms with E-state index in [1.807, 2.05) is 0 Å². The predicted octanol–water partition coefficient (Wildman–Crippen LogP) is 4.69. The molecule has 2 aromatic carbocycles. The van der Waals surface area contributed by atoms with Gasteiger partial charge in [-0.25, -0.2) is 4.79 Å². The highest BCUT2D eigenvalue weighted by molar-refractivity contribution is 6.42.